The third-order valence-electron chi connectivity index (χ3n) is 4.21. The minimum atomic E-state index is -0.132. The number of nitrogens with zero attached hydrogens (tertiary/aromatic N) is 3. The molecule has 0 aliphatic heterocycles. The number of hydrogen-bond acceptors (Lipinski definition) is 3. The molecule has 6 heteroatoms. The predicted molar refractivity (Wildman–Crippen MR) is 103 cm³/mol. The summed E-state index contributed by atoms with van der Waals surface area (Å²) in [4.78, 5) is 17.4. The Bertz CT molecular complexity index is 932. The lowest BCUT2D eigenvalue weighted by Gasteiger charge is -2.16. The van der Waals surface area contributed by atoms with Gasteiger partial charge >= 0.3 is 0 Å². The summed E-state index contributed by atoms with van der Waals surface area (Å²) in [7, 11) is 0. The molecule has 1 aromatic carbocycles. The third-order valence-corrected chi connectivity index (χ3v) is 4.93. The van der Waals surface area contributed by atoms with Crippen molar-refractivity contribution in [3.63, 3.8) is 0 Å². The Morgan fingerprint density at radius 1 is 1.24 bits per heavy atom. The van der Waals surface area contributed by atoms with E-state index in [2.05, 4.69) is 45.2 Å². The number of hydrogen-bond donors (Lipinski definition) is 1. The van der Waals surface area contributed by atoms with Crippen LogP contribution in [-0.4, -0.2) is 20.7 Å². The van der Waals surface area contributed by atoms with Crippen molar-refractivity contribution in [1.29, 1.82) is 0 Å². The lowest BCUT2D eigenvalue weighted by atomic mass is 10.1. The van der Waals surface area contributed by atoms with E-state index in [9.17, 15) is 4.79 Å². The average Bonchev–Trinajstić information content (AvgIpc) is 2.97. The summed E-state index contributed by atoms with van der Waals surface area (Å²) in [6.45, 7) is 7.94. The molecule has 3 rings (SSSR count). The summed E-state index contributed by atoms with van der Waals surface area (Å²) in [6, 6.07) is 9.85. The van der Waals surface area contributed by atoms with Crippen molar-refractivity contribution in [3.8, 4) is 0 Å². The van der Waals surface area contributed by atoms with Crippen LogP contribution in [0.4, 0.5) is 0 Å². The summed E-state index contributed by atoms with van der Waals surface area (Å²) in [6.07, 6.45) is 1.76. The molecule has 130 valence electrons. The van der Waals surface area contributed by atoms with Gasteiger partial charge in [-0.25, -0.2) is 9.67 Å². The maximum absolute atomic E-state index is 12.8. The fourth-order valence-electron chi connectivity index (χ4n) is 2.85. The number of nitrogens with one attached hydrogen (secondary N) is 1. The van der Waals surface area contributed by atoms with Gasteiger partial charge in [-0.05, 0) is 45.4 Å². The Morgan fingerprint density at radius 3 is 2.64 bits per heavy atom. The quantitative estimate of drug-likeness (QED) is 0.697. The van der Waals surface area contributed by atoms with Crippen LogP contribution in [0.1, 0.15) is 54.5 Å². The lowest BCUT2D eigenvalue weighted by molar-refractivity contribution is 0.0939. The average molecular weight is 401 g/mol. The Balaban J connectivity index is 1.90. The molecule has 2 heterocycles. The summed E-state index contributed by atoms with van der Waals surface area (Å²) < 4.78 is 2.85. The molecule has 0 spiro atoms. The second-order valence-electron chi connectivity index (χ2n) is 6.43. The highest BCUT2D eigenvalue weighted by Gasteiger charge is 2.18. The van der Waals surface area contributed by atoms with Crippen LogP contribution < -0.4 is 5.32 Å². The normalized spacial score (nSPS) is 12.6. The molecule has 3 aromatic rings. The van der Waals surface area contributed by atoms with Gasteiger partial charge in [0.2, 0.25) is 0 Å². The Morgan fingerprint density at radius 2 is 1.96 bits per heavy atom. The highest BCUT2D eigenvalue weighted by atomic mass is 79.9. The fourth-order valence-corrected chi connectivity index (χ4v) is 3.48. The molecule has 0 aliphatic rings. The van der Waals surface area contributed by atoms with Gasteiger partial charge in [-0.1, -0.05) is 34.1 Å². The van der Waals surface area contributed by atoms with Gasteiger partial charge in [-0.2, -0.15) is 5.10 Å². The number of aromatic nitrogens is 3. The number of carbonyl (C=O) groups is 1. The maximum atomic E-state index is 12.8. The van der Waals surface area contributed by atoms with Crippen LogP contribution in [0.15, 0.2) is 41.0 Å². The molecular weight excluding hydrogens is 380 g/mol. The monoisotopic (exact) mass is 400 g/mol. The Kier molecular flexibility index (Phi) is 4.90. The molecule has 2 aromatic heterocycles. The fraction of sp³-hybridized carbons (Fsp3) is 0.316. The van der Waals surface area contributed by atoms with Crippen LogP contribution >= 0.6 is 15.9 Å². The molecule has 0 bridgehead atoms. The maximum Gasteiger partial charge on any atom is 0.253 e. The molecule has 0 saturated heterocycles. The number of carbonyl (C=O) groups excluding carboxylic acids is 1. The molecule has 1 N–H and O–H groups in total. The van der Waals surface area contributed by atoms with Gasteiger partial charge in [0.15, 0.2) is 5.65 Å². The minimum absolute atomic E-state index is 0.114. The highest BCUT2D eigenvalue weighted by Crippen LogP contribution is 2.24. The van der Waals surface area contributed by atoms with Crippen LogP contribution in [0, 0.1) is 6.92 Å². The van der Waals surface area contributed by atoms with Crippen LogP contribution in [-0.2, 0) is 0 Å². The van der Waals surface area contributed by atoms with Gasteiger partial charge in [0, 0.05) is 15.9 Å². The van der Waals surface area contributed by atoms with Crippen molar-refractivity contribution >= 4 is 32.9 Å². The Labute approximate surface area is 155 Å². The molecule has 1 amide bonds. The van der Waals surface area contributed by atoms with E-state index in [0.29, 0.717) is 11.3 Å². The third kappa shape index (κ3) is 3.44. The van der Waals surface area contributed by atoms with Crippen molar-refractivity contribution < 1.29 is 4.79 Å². The standard InChI is InChI=1S/C19H21BrN4O/c1-11(2)24-18-14(10-21-24)9-16(13(4)22-18)19(25)23-12(3)15-7-5-6-8-17(15)20/h5-12H,1-4H3,(H,23,25). The van der Waals surface area contributed by atoms with Crippen molar-refractivity contribution in [3.05, 3.63) is 57.8 Å². The SMILES string of the molecule is Cc1nc2c(cnn2C(C)C)cc1C(=O)NC(C)c1ccccc1Br. The topological polar surface area (TPSA) is 59.8 Å². The van der Waals surface area contributed by atoms with Crippen LogP contribution in [0.5, 0.6) is 0 Å². The molecule has 5 nitrogen and oxygen atoms in total. The van der Waals surface area contributed by atoms with Crippen molar-refractivity contribution in [1.82, 2.24) is 20.1 Å². The number of rotatable bonds is 4. The molecule has 25 heavy (non-hydrogen) atoms. The zero-order chi connectivity index (χ0) is 18.1. The van der Waals surface area contributed by atoms with E-state index in [0.717, 1.165) is 21.1 Å². The number of amides is 1. The largest absolute Gasteiger partial charge is 0.345 e. The number of benzene rings is 1. The van der Waals surface area contributed by atoms with E-state index in [-0.39, 0.29) is 18.0 Å². The lowest BCUT2D eigenvalue weighted by Crippen LogP contribution is -2.27. The van der Waals surface area contributed by atoms with Gasteiger partial charge in [-0.15, -0.1) is 0 Å². The number of pyridine rings is 1. The first kappa shape index (κ1) is 17.6. The van der Waals surface area contributed by atoms with Gasteiger partial charge in [0.05, 0.1) is 23.5 Å². The van der Waals surface area contributed by atoms with Gasteiger partial charge in [0.1, 0.15) is 0 Å². The second kappa shape index (κ2) is 6.96. The smallest absolute Gasteiger partial charge is 0.253 e. The van der Waals surface area contributed by atoms with E-state index in [1.165, 1.54) is 0 Å². The first-order valence-corrected chi connectivity index (χ1v) is 9.08. The summed E-state index contributed by atoms with van der Waals surface area (Å²) >= 11 is 3.53. The first-order chi connectivity index (χ1) is 11.9. The van der Waals surface area contributed by atoms with Crippen LogP contribution in [0.3, 0.4) is 0 Å². The summed E-state index contributed by atoms with van der Waals surface area (Å²) in [5.41, 5.74) is 3.12. The van der Waals surface area contributed by atoms with Crippen molar-refractivity contribution in [2.75, 3.05) is 0 Å². The van der Waals surface area contributed by atoms with E-state index >= 15 is 0 Å². The highest BCUT2D eigenvalue weighted by molar-refractivity contribution is 9.10. The zero-order valence-corrected chi connectivity index (χ0v) is 16.3. The number of fused-ring (bicyclic) bond motifs is 1. The van der Waals surface area contributed by atoms with E-state index in [1.807, 2.05) is 48.9 Å². The van der Waals surface area contributed by atoms with E-state index in [4.69, 9.17) is 0 Å². The molecule has 1 unspecified atom stereocenters. The minimum Gasteiger partial charge on any atom is -0.345 e. The molecular formula is C19H21BrN4O. The predicted octanol–water partition coefficient (Wildman–Crippen LogP) is 4.57. The summed E-state index contributed by atoms with van der Waals surface area (Å²) in [5.74, 6) is -0.132. The molecule has 1 atom stereocenters. The molecule has 0 aliphatic carbocycles. The van der Waals surface area contributed by atoms with Gasteiger partial charge in [0.25, 0.3) is 5.91 Å². The van der Waals surface area contributed by atoms with E-state index in [1.54, 1.807) is 6.20 Å². The number of aryl methyl sites for hydroxylation is 1. The molecule has 0 radical (unpaired) electrons. The van der Waals surface area contributed by atoms with Crippen LogP contribution in [0.25, 0.3) is 11.0 Å². The first-order valence-electron chi connectivity index (χ1n) is 8.28. The van der Waals surface area contributed by atoms with Crippen molar-refractivity contribution in [2.45, 2.75) is 39.8 Å². The second-order valence-corrected chi connectivity index (χ2v) is 7.29. The van der Waals surface area contributed by atoms with Crippen molar-refractivity contribution in [2.24, 2.45) is 0 Å². The van der Waals surface area contributed by atoms with E-state index < -0.39 is 0 Å². The molecule has 0 saturated carbocycles. The number of halogens is 1. The van der Waals surface area contributed by atoms with Gasteiger partial charge < -0.3 is 5.32 Å². The summed E-state index contributed by atoms with van der Waals surface area (Å²) in [5, 5.41) is 8.30. The van der Waals surface area contributed by atoms with Crippen LogP contribution in [0.2, 0.25) is 0 Å². The Hall–Kier alpha value is -2.21. The zero-order valence-electron chi connectivity index (χ0n) is 14.7. The van der Waals surface area contributed by atoms with Gasteiger partial charge in [-0.3, -0.25) is 4.79 Å². The molecule has 0 fully saturated rings.